The summed E-state index contributed by atoms with van der Waals surface area (Å²) in [5.41, 5.74) is 0.610. The zero-order chi connectivity index (χ0) is 17.5. The number of carbonyl (C=O) groups is 1. The van der Waals surface area contributed by atoms with Crippen LogP contribution in [0.2, 0.25) is 0 Å². The van der Waals surface area contributed by atoms with Crippen molar-refractivity contribution in [1.82, 2.24) is 15.4 Å². The van der Waals surface area contributed by atoms with Crippen molar-refractivity contribution >= 4 is 28.3 Å². The van der Waals surface area contributed by atoms with Gasteiger partial charge in [0, 0.05) is 31.1 Å². The number of carbonyl (C=O) groups excluding carboxylic acids is 1. The molecule has 24 heavy (non-hydrogen) atoms. The number of sulfonamides is 1. The molecule has 1 aromatic rings. The lowest BCUT2D eigenvalue weighted by Gasteiger charge is -2.14. The Morgan fingerprint density at radius 2 is 2.00 bits per heavy atom. The maximum absolute atomic E-state index is 12.3. The summed E-state index contributed by atoms with van der Waals surface area (Å²) in [4.78, 5) is 11.5. The van der Waals surface area contributed by atoms with E-state index in [9.17, 15) is 13.2 Å². The van der Waals surface area contributed by atoms with E-state index in [0.29, 0.717) is 17.7 Å². The molecule has 7 nitrogen and oxygen atoms in total. The molecule has 0 heterocycles. The molecule has 0 spiro atoms. The minimum atomic E-state index is -3.62. The highest BCUT2D eigenvalue weighted by Crippen LogP contribution is 2.22. The van der Waals surface area contributed by atoms with Crippen LogP contribution in [0.25, 0.3) is 0 Å². The van der Waals surface area contributed by atoms with Gasteiger partial charge in [0.1, 0.15) is 5.75 Å². The number of ether oxygens (including phenoxy) is 1. The Balaban J connectivity index is 0.00000529. The molecule has 0 fully saturated rings. The predicted molar refractivity (Wildman–Crippen MR) is 96.1 cm³/mol. The summed E-state index contributed by atoms with van der Waals surface area (Å²) in [6.07, 6.45) is 0.365. The summed E-state index contributed by atoms with van der Waals surface area (Å²) in [6.45, 7) is 4.13. The van der Waals surface area contributed by atoms with E-state index < -0.39 is 10.0 Å². The molecule has 0 aliphatic heterocycles. The highest BCUT2D eigenvalue weighted by molar-refractivity contribution is 7.89. The molecule has 0 aliphatic carbocycles. The molecule has 3 N–H and O–H groups in total. The molecule has 138 valence electrons. The lowest BCUT2D eigenvalue weighted by atomic mass is 10.2. The largest absolute Gasteiger partial charge is 0.496 e. The lowest BCUT2D eigenvalue weighted by Crippen LogP contribution is -2.37. The molecule has 0 aliphatic rings. The normalized spacial score (nSPS) is 12.2. The third-order valence-electron chi connectivity index (χ3n) is 3.43. The summed E-state index contributed by atoms with van der Waals surface area (Å²) in [5, 5.41) is 5.68. The van der Waals surface area contributed by atoms with E-state index in [1.54, 1.807) is 20.0 Å². The molecule has 0 saturated carbocycles. The van der Waals surface area contributed by atoms with Crippen molar-refractivity contribution in [1.29, 1.82) is 0 Å². The Labute approximate surface area is 150 Å². The highest BCUT2D eigenvalue weighted by Gasteiger charge is 2.17. The van der Waals surface area contributed by atoms with Crippen LogP contribution in [0.4, 0.5) is 0 Å². The Kier molecular flexibility index (Phi) is 9.91. The third kappa shape index (κ3) is 6.64. The second kappa shape index (κ2) is 10.5. The summed E-state index contributed by atoms with van der Waals surface area (Å²) in [6, 6.07) is 4.60. The van der Waals surface area contributed by atoms with Crippen LogP contribution in [-0.2, 0) is 21.4 Å². The van der Waals surface area contributed by atoms with Gasteiger partial charge in [-0.3, -0.25) is 4.79 Å². The van der Waals surface area contributed by atoms with E-state index in [-0.39, 0.29) is 42.3 Å². The zero-order valence-electron chi connectivity index (χ0n) is 14.4. The number of nitrogens with one attached hydrogen (secondary N) is 3. The average Bonchev–Trinajstić information content (AvgIpc) is 2.56. The van der Waals surface area contributed by atoms with Gasteiger partial charge >= 0.3 is 0 Å². The molecule has 0 bridgehead atoms. The number of methoxy groups -OCH3 is 1. The van der Waals surface area contributed by atoms with Crippen LogP contribution in [0.3, 0.4) is 0 Å². The predicted octanol–water partition coefficient (Wildman–Crippen LogP) is 1.03. The fourth-order valence-electron chi connectivity index (χ4n) is 1.80. The molecular formula is C15H26ClN3O4S. The fourth-order valence-corrected chi connectivity index (χ4v) is 2.98. The molecule has 1 unspecified atom stereocenters. The quantitative estimate of drug-likeness (QED) is 0.595. The van der Waals surface area contributed by atoms with Crippen molar-refractivity contribution in [2.24, 2.45) is 0 Å². The highest BCUT2D eigenvalue weighted by atomic mass is 35.5. The first-order chi connectivity index (χ1) is 10.8. The van der Waals surface area contributed by atoms with E-state index in [1.165, 1.54) is 19.2 Å². The van der Waals surface area contributed by atoms with Crippen molar-refractivity contribution in [2.75, 3.05) is 20.7 Å². The molecule has 9 heteroatoms. The number of benzene rings is 1. The smallest absolute Gasteiger partial charge is 0.240 e. The summed E-state index contributed by atoms with van der Waals surface area (Å²) in [7, 11) is -0.349. The molecule has 0 radical (unpaired) electrons. The average molecular weight is 380 g/mol. The van der Waals surface area contributed by atoms with Gasteiger partial charge in [0.15, 0.2) is 0 Å². The number of amides is 1. The van der Waals surface area contributed by atoms with Crippen LogP contribution in [0.5, 0.6) is 5.75 Å². The second-order valence-corrected chi connectivity index (χ2v) is 6.91. The van der Waals surface area contributed by atoms with Gasteiger partial charge in [0.05, 0.1) is 12.0 Å². The molecule has 0 saturated heterocycles. The van der Waals surface area contributed by atoms with Crippen molar-refractivity contribution in [2.45, 2.75) is 37.8 Å². The van der Waals surface area contributed by atoms with E-state index in [2.05, 4.69) is 15.4 Å². The molecule has 1 aromatic carbocycles. The first-order valence-corrected chi connectivity index (χ1v) is 8.92. The Hall–Kier alpha value is -1.35. The van der Waals surface area contributed by atoms with Gasteiger partial charge in [0.2, 0.25) is 15.9 Å². The zero-order valence-corrected chi connectivity index (χ0v) is 16.0. The van der Waals surface area contributed by atoms with Gasteiger partial charge in [-0.2, -0.15) is 0 Å². The molecular weight excluding hydrogens is 354 g/mol. The number of hydrogen-bond acceptors (Lipinski definition) is 5. The summed E-state index contributed by atoms with van der Waals surface area (Å²) in [5.74, 6) is 0.422. The number of rotatable bonds is 9. The van der Waals surface area contributed by atoms with E-state index in [0.717, 1.165) is 0 Å². The van der Waals surface area contributed by atoms with Gasteiger partial charge in [-0.1, -0.05) is 6.92 Å². The molecule has 1 amide bonds. The summed E-state index contributed by atoms with van der Waals surface area (Å²) < 4.78 is 32.4. The van der Waals surface area contributed by atoms with Gasteiger partial charge in [-0.05, 0) is 32.2 Å². The van der Waals surface area contributed by atoms with Crippen LogP contribution in [0.15, 0.2) is 23.1 Å². The van der Waals surface area contributed by atoms with Gasteiger partial charge in [-0.15, -0.1) is 12.4 Å². The minimum absolute atomic E-state index is 0. The topological polar surface area (TPSA) is 96.5 Å². The van der Waals surface area contributed by atoms with Gasteiger partial charge < -0.3 is 15.4 Å². The molecule has 1 atom stereocenters. The molecule has 0 aromatic heterocycles. The van der Waals surface area contributed by atoms with Crippen LogP contribution < -0.4 is 20.1 Å². The van der Waals surface area contributed by atoms with Crippen LogP contribution >= 0.6 is 12.4 Å². The SMILES string of the molecule is CCC(=O)NCc1cc(S(=O)(=O)NCC(C)NC)ccc1OC.Cl. The van der Waals surface area contributed by atoms with Crippen molar-refractivity contribution < 1.29 is 17.9 Å². The van der Waals surface area contributed by atoms with E-state index in [4.69, 9.17) is 4.74 Å². The van der Waals surface area contributed by atoms with Crippen molar-refractivity contribution in [3.8, 4) is 5.75 Å². The first-order valence-electron chi connectivity index (χ1n) is 7.44. The number of halogens is 1. The fraction of sp³-hybridized carbons (Fsp3) is 0.533. The first kappa shape index (κ1) is 22.6. The third-order valence-corrected chi connectivity index (χ3v) is 4.85. The standard InChI is InChI=1S/C15H25N3O4S.ClH/c1-5-15(19)17-10-12-8-13(6-7-14(12)22-4)23(20,21)18-9-11(2)16-3;/h6-8,11,16,18H,5,9-10H2,1-4H3,(H,17,19);1H. The van der Waals surface area contributed by atoms with Crippen LogP contribution in [0.1, 0.15) is 25.8 Å². The van der Waals surface area contributed by atoms with Gasteiger partial charge in [0.25, 0.3) is 0 Å². The number of likely N-dealkylation sites (N-methyl/N-ethyl adjacent to an activating group) is 1. The Morgan fingerprint density at radius 1 is 1.33 bits per heavy atom. The van der Waals surface area contributed by atoms with Crippen molar-refractivity contribution in [3.05, 3.63) is 23.8 Å². The van der Waals surface area contributed by atoms with Crippen LogP contribution in [-0.4, -0.2) is 41.1 Å². The monoisotopic (exact) mass is 379 g/mol. The van der Waals surface area contributed by atoms with Gasteiger partial charge in [-0.25, -0.2) is 13.1 Å². The maximum atomic E-state index is 12.3. The molecule has 1 rings (SSSR count). The lowest BCUT2D eigenvalue weighted by molar-refractivity contribution is -0.120. The minimum Gasteiger partial charge on any atom is -0.496 e. The Bertz CT molecular complexity index is 638. The van der Waals surface area contributed by atoms with Crippen molar-refractivity contribution in [3.63, 3.8) is 0 Å². The Morgan fingerprint density at radius 3 is 2.54 bits per heavy atom. The summed E-state index contributed by atoms with van der Waals surface area (Å²) >= 11 is 0. The maximum Gasteiger partial charge on any atom is 0.240 e. The second-order valence-electron chi connectivity index (χ2n) is 5.15. The van der Waals surface area contributed by atoms with Crippen LogP contribution in [0, 0.1) is 0 Å². The van der Waals surface area contributed by atoms with E-state index >= 15 is 0 Å². The van der Waals surface area contributed by atoms with E-state index in [1.807, 2.05) is 6.92 Å². The number of hydrogen-bond donors (Lipinski definition) is 3.